The molecule has 17 rings (SSSR count). The molecular formula is C93H124ClN13O25S. The fourth-order valence-corrected chi connectivity index (χ4v) is 21.3. The molecule has 5 aromatic carbocycles. The standard InChI is InChI=1S/C93H124ClN13O25S/c1-9-10-11-12-13-14-25-133(125,126)98-24-23-97-40-57-44(5)70-55-33-48(15-20-61(55)109)72-86(119)107-76(90(123)105-74(56(70)37-62(57)110)88(121)102-71-51-29-46-28-47(31-51)32-52(71)30-46)78(113)50-17-22-64(58(94)34-50)129-66-36-53-35-65(81(66)132-91-82(80(115)79(114)67(41-108)130-91)131-69-39-93(7,95)83(116)45(6)127-69)128-63-21-16-49(27-43(63)4)77(112)75(106-84(117)59(96-8)26-42(2)3)89(122)100-60(85(118)103-73(53)87(120)104-72)38-68(111)101-92(124)99-54-18-19-54/h15-17,20-22,27,33-37,42,45-47,51-52,54,59-60,67,69,71-80,82-83,91,96-98,108-110,112-116H,9-14,18-19,23-26,28-32,38-41,95H2,1-8H3,(H,100,122)(H,102,121)(H,103,118)(H,104,120)(H,105,123)(H,106,117)(H,107,119)(H2,99,101,111,124)/t45-,46?,47?,51?,52?,59+,60-,67+,69-,71?,72+,73+,74-,75+,76-,77+,78+,79+,80-,82+,83+,91-,93-/m0/s1. The monoisotopic (exact) mass is 1890 g/mol. The Labute approximate surface area is 775 Å². The number of likely N-dealkylation sites (N-methyl/N-ethyl adjacent to an activating group) is 1. The van der Waals surface area contributed by atoms with Crippen LogP contribution in [0.2, 0.25) is 5.02 Å². The van der Waals surface area contributed by atoms with E-state index < -0.39 is 220 Å². The quantitative estimate of drug-likeness (QED) is 0.0313. The number of fused-ring (bicyclic) bond motifs is 15. The normalized spacial score (nSPS) is 30.0. The number of sulfonamides is 1. The molecule has 10 amide bonds. The molecule has 0 aromatic heterocycles. The van der Waals surface area contributed by atoms with Crippen LogP contribution in [0.25, 0.3) is 11.1 Å². The zero-order valence-electron chi connectivity index (χ0n) is 75.5. The number of unbranched alkanes of at least 4 members (excludes halogenated alkanes) is 5. The second kappa shape index (κ2) is 42.1. The first kappa shape index (κ1) is 99.0. The van der Waals surface area contributed by atoms with Gasteiger partial charge in [-0.2, -0.15) is 0 Å². The molecule has 38 nitrogen and oxygen atoms in total. The van der Waals surface area contributed by atoms with Crippen LogP contribution >= 0.6 is 11.6 Å². The number of phenols is 2. The first-order valence-electron chi connectivity index (χ1n) is 45.9. The lowest BCUT2D eigenvalue weighted by molar-refractivity contribution is -0.333. The summed E-state index contributed by atoms with van der Waals surface area (Å²) in [5.74, 6) is -11.8. The Kier molecular flexibility index (Phi) is 31.4. The maximum absolute atomic E-state index is 16.9. The summed E-state index contributed by atoms with van der Waals surface area (Å²) >= 11 is 7.37. The second-order valence-electron chi connectivity index (χ2n) is 37.7. The van der Waals surface area contributed by atoms with Gasteiger partial charge in [-0.1, -0.05) is 82.7 Å². The number of ether oxygens (including phenoxy) is 6. The molecule has 724 valence electrons. The lowest BCUT2D eigenvalue weighted by atomic mass is 9.54. The fourth-order valence-electron chi connectivity index (χ4n) is 19.9. The van der Waals surface area contributed by atoms with Crippen LogP contribution in [0, 0.1) is 43.4 Å². The maximum Gasteiger partial charge on any atom is 0.321 e. The number of nitrogens with two attached hydrogens (primary N) is 1. The molecule has 7 fully saturated rings. The summed E-state index contributed by atoms with van der Waals surface area (Å²) in [5.41, 5.74) is 4.52. The predicted molar refractivity (Wildman–Crippen MR) is 481 cm³/mol. The van der Waals surface area contributed by atoms with Crippen molar-refractivity contribution in [2.45, 2.75) is 279 Å². The van der Waals surface area contributed by atoms with Gasteiger partial charge in [0.1, 0.15) is 89.8 Å². The van der Waals surface area contributed by atoms with Crippen molar-refractivity contribution in [1.29, 1.82) is 0 Å². The van der Waals surface area contributed by atoms with Crippen molar-refractivity contribution in [3.63, 3.8) is 0 Å². The number of phenolic OH excluding ortho intramolecular Hbond substituents is 2. The summed E-state index contributed by atoms with van der Waals surface area (Å²) in [6, 6.07) is -0.747. The van der Waals surface area contributed by atoms with E-state index in [0.717, 1.165) is 76.3 Å². The zero-order chi connectivity index (χ0) is 95.5. The number of aromatic hydroxyl groups is 2. The van der Waals surface area contributed by atoms with E-state index in [2.05, 4.69) is 70.1 Å². The van der Waals surface area contributed by atoms with Crippen LogP contribution in [-0.4, -0.2) is 226 Å². The maximum atomic E-state index is 16.9. The summed E-state index contributed by atoms with van der Waals surface area (Å²) in [5, 5.41) is 127. The fraction of sp³-hybridized carbons (Fsp3) is 0.581. The van der Waals surface area contributed by atoms with Crippen molar-refractivity contribution in [3.8, 4) is 51.4 Å². The molecule has 22 N–H and O–H groups in total. The van der Waals surface area contributed by atoms with Gasteiger partial charge in [-0.25, -0.2) is 17.9 Å². The minimum absolute atomic E-state index is 0.00194. The molecule has 12 aliphatic rings. The lowest BCUT2D eigenvalue weighted by Crippen LogP contribution is -2.64. The van der Waals surface area contributed by atoms with Crippen LogP contribution in [0.3, 0.4) is 0 Å². The Balaban J connectivity index is 0.953. The number of hydrogen-bond donors (Lipinski definition) is 21. The number of urea groups is 1. The molecule has 5 saturated carbocycles. The molecule has 15 bridgehead atoms. The Morgan fingerprint density at radius 2 is 1.34 bits per heavy atom. The Hall–Kier alpha value is -9.95. The summed E-state index contributed by atoms with van der Waals surface area (Å²) in [6.45, 7) is 10.7. The third-order valence-corrected chi connectivity index (χ3v) is 28.8. The smallest absolute Gasteiger partial charge is 0.321 e. The van der Waals surface area contributed by atoms with E-state index in [1.807, 2.05) is 13.8 Å². The topological polar surface area (TPSA) is 575 Å². The lowest BCUT2D eigenvalue weighted by Gasteiger charge is -2.54. The van der Waals surface area contributed by atoms with Crippen LogP contribution < -0.4 is 83.2 Å². The van der Waals surface area contributed by atoms with E-state index in [9.17, 15) is 63.7 Å². The van der Waals surface area contributed by atoms with E-state index in [0.29, 0.717) is 31.1 Å². The van der Waals surface area contributed by atoms with Crippen molar-refractivity contribution in [3.05, 3.63) is 122 Å². The molecule has 5 aromatic rings. The van der Waals surface area contributed by atoms with Gasteiger partial charge in [0.25, 0.3) is 0 Å². The highest BCUT2D eigenvalue weighted by molar-refractivity contribution is 7.89. The molecule has 0 spiro atoms. The zero-order valence-corrected chi connectivity index (χ0v) is 77.1. The number of halogens is 1. The number of benzene rings is 5. The molecule has 2 saturated heterocycles. The third-order valence-electron chi connectivity index (χ3n) is 27.0. The van der Waals surface area contributed by atoms with Crippen LogP contribution in [0.5, 0.6) is 40.2 Å². The van der Waals surface area contributed by atoms with Crippen molar-refractivity contribution < 1.29 is 121 Å². The number of carbonyl (C=O) groups excluding carboxylic acids is 9. The van der Waals surface area contributed by atoms with Crippen LogP contribution in [-0.2, 0) is 69.1 Å². The SMILES string of the molecule is CCCCCCCCS(=O)(=O)NCCNCc1c(O)cc2c(c1C)-c1cc(ccc1O)[C@H]1NC(=O)[C@@H]3NC(=O)[C@H](CC(=O)NC(=O)NC4CC4)NC(=O)[C@H](NC(=O)[C@@H](CC(C)C)NC)[C@H](O)c4ccc(c(C)c4)Oc4cc3cc(c4O[C@@H]3O[C@H](CO)[C@@H](O)[C@H](O)[C@H]3O[C@H]3C[C@](C)(N)[C@H](O)[C@H](C)O3)Oc3ccc(cc3Cl)[C@@H](O)[C@H](NC1=O)C(=O)N[C@@H]2C(=O)NC1C2CC3CC(C2)CC1C3. The van der Waals surface area contributed by atoms with Crippen molar-refractivity contribution >= 4 is 74.9 Å². The average molecular weight is 1890 g/mol. The van der Waals surface area contributed by atoms with Crippen LogP contribution in [0.15, 0.2) is 72.8 Å². The Morgan fingerprint density at radius 1 is 0.692 bits per heavy atom. The van der Waals surface area contributed by atoms with Gasteiger partial charge in [0.05, 0.1) is 42.1 Å². The number of imide groups is 1. The average Bonchev–Trinajstić information content (AvgIpc) is 1.75. The van der Waals surface area contributed by atoms with Crippen molar-refractivity contribution in [2.75, 3.05) is 32.5 Å². The number of aliphatic hydroxyl groups is 6. The number of nitrogens with one attached hydrogen (secondary N) is 12. The molecule has 5 aliphatic carbocycles. The number of aryl methyl sites for hydroxylation is 1. The first-order chi connectivity index (χ1) is 63.3. The molecule has 0 unspecified atom stereocenters. The predicted octanol–water partition coefficient (Wildman–Crippen LogP) is 4.09. The first-order valence-corrected chi connectivity index (χ1v) is 47.9. The molecule has 0 radical (unpaired) electrons. The van der Waals surface area contributed by atoms with E-state index in [-0.39, 0.29) is 135 Å². The highest BCUT2D eigenvalue weighted by Gasteiger charge is 2.54. The molecule has 18 atom stereocenters. The van der Waals surface area contributed by atoms with Gasteiger partial charge < -0.3 is 128 Å². The van der Waals surface area contributed by atoms with E-state index >= 15 is 28.8 Å². The van der Waals surface area contributed by atoms with Gasteiger partial charge in [-0.05, 0) is 221 Å². The van der Waals surface area contributed by atoms with Crippen LogP contribution in [0.1, 0.15) is 212 Å². The van der Waals surface area contributed by atoms with E-state index in [1.54, 1.807) is 6.92 Å². The van der Waals surface area contributed by atoms with Gasteiger partial charge >= 0.3 is 6.03 Å². The van der Waals surface area contributed by atoms with E-state index in [4.69, 9.17) is 45.8 Å². The minimum Gasteiger partial charge on any atom is -0.508 e. The van der Waals surface area contributed by atoms with Crippen molar-refractivity contribution in [1.82, 2.24) is 63.2 Å². The molecular weight excluding hydrogens is 1770 g/mol. The van der Waals surface area contributed by atoms with Gasteiger partial charge in [-0.3, -0.25) is 43.7 Å². The Morgan fingerprint density at radius 3 is 1.99 bits per heavy atom. The van der Waals surface area contributed by atoms with E-state index in [1.165, 1.54) is 88.5 Å². The number of aliphatic hydroxyl groups excluding tert-OH is 6. The van der Waals surface area contributed by atoms with Gasteiger partial charge in [-0.15, -0.1) is 0 Å². The third kappa shape index (κ3) is 22.9. The van der Waals surface area contributed by atoms with Gasteiger partial charge in [0, 0.05) is 54.8 Å². The van der Waals surface area contributed by atoms with Crippen LogP contribution in [0.4, 0.5) is 4.79 Å². The largest absolute Gasteiger partial charge is 0.508 e. The Bertz CT molecular complexity index is 5270. The number of rotatable bonds is 28. The molecule has 7 heterocycles. The number of hydrogen-bond acceptors (Lipinski definition) is 28. The van der Waals surface area contributed by atoms with Crippen molar-refractivity contribution in [2.24, 2.45) is 35.3 Å². The highest BCUT2D eigenvalue weighted by Crippen LogP contribution is 2.55. The summed E-state index contributed by atoms with van der Waals surface area (Å²) in [4.78, 5) is 139. The molecule has 133 heavy (non-hydrogen) atoms. The molecule has 7 aliphatic heterocycles. The highest BCUT2D eigenvalue weighted by atomic mass is 35.5. The number of carbonyl (C=O) groups is 9. The summed E-state index contributed by atoms with van der Waals surface area (Å²) in [6.07, 6.45) is -7.85. The number of amides is 10. The molecule has 40 heteroatoms. The minimum atomic E-state index is -3.71. The summed E-state index contributed by atoms with van der Waals surface area (Å²) in [7, 11) is -2.21. The van der Waals surface area contributed by atoms with Gasteiger partial charge in [0.15, 0.2) is 23.9 Å². The summed E-state index contributed by atoms with van der Waals surface area (Å²) < 4.78 is 68.6. The van der Waals surface area contributed by atoms with Gasteiger partial charge in [0.2, 0.25) is 69.3 Å². The second-order valence-corrected chi connectivity index (χ2v) is 40.0.